The molecule has 0 unspecified atom stereocenters. The second-order valence-electron chi connectivity index (χ2n) is 6.67. The Morgan fingerprint density at radius 2 is 1.89 bits per heavy atom. The second kappa shape index (κ2) is 8.29. The summed E-state index contributed by atoms with van der Waals surface area (Å²) in [5.41, 5.74) is 3.45. The van der Waals surface area contributed by atoms with Crippen molar-refractivity contribution in [2.75, 3.05) is 21.3 Å². The first-order valence-corrected chi connectivity index (χ1v) is 9.35. The molecule has 1 aromatic carbocycles. The largest absolute Gasteiger partial charge is 0.493 e. The van der Waals surface area contributed by atoms with Crippen LogP contribution in [-0.4, -0.2) is 44.5 Å². The Morgan fingerprint density at radius 3 is 2.50 bits per heavy atom. The van der Waals surface area contributed by atoms with Crippen molar-refractivity contribution < 1.29 is 24.1 Å². The molecule has 0 saturated heterocycles. The zero-order valence-corrected chi connectivity index (χ0v) is 17.1. The van der Waals surface area contributed by atoms with Gasteiger partial charge in [0, 0.05) is 12.5 Å². The number of halogens is 1. The van der Waals surface area contributed by atoms with E-state index in [0.29, 0.717) is 35.1 Å². The number of hydrogen-bond acceptors (Lipinski definition) is 5. The van der Waals surface area contributed by atoms with Crippen LogP contribution in [0.4, 0.5) is 0 Å². The summed E-state index contributed by atoms with van der Waals surface area (Å²) < 4.78 is 16.8. The Morgan fingerprint density at radius 1 is 1.18 bits per heavy atom. The van der Waals surface area contributed by atoms with E-state index in [0.717, 1.165) is 22.3 Å². The lowest BCUT2D eigenvalue weighted by Gasteiger charge is -2.23. The normalized spacial score (nSPS) is 21.0. The molecule has 1 amide bonds. The minimum absolute atomic E-state index is 0.142. The van der Waals surface area contributed by atoms with Crippen molar-refractivity contribution in [2.45, 2.75) is 31.9 Å². The SMILES string of the molecule is COc1cc2c(c(OC)c1OC)C1=CC=C(Cl)[C@@H](O)C=C1[C@@H](NC(C)=O)CC2. The molecule has 0 fully saturated rings. The van der Waals surface area contributed by atoms with E-state index in [1.54, 1.807) is 33.5 Å². The van der Waals surface area contributed by atoms with Crippen LogP contribution >= 0.6 is 11.6 Å². The molecule has 2 aliphatic carbocycles. The molecule has 150 valence electrons. The molecule has 0 spiro atoms. The number of carbonyl (C=O) groups is 1. The fraction of sp³-hybridized carbons (Fsp3) is 0.381. The van der Waals surface area contributed by atoms with Gasteiger partial charge in [0.2, 0.25) is 11.7 Å². The molecular formula is C21H24ClNO5. The van der Waals surface area contributed by atoms with Gasteiger partial charge in [-0.3, -0.25) is 4.79 Å². The van der Waals surface area contributed by atoms with Gasteiger partial charge in [-0.1, -0.05) is 17.7 Å². The van der Waals surface area contributed by atoms with Crippen molar-refractivity contribution in [1.82, 2.24) is 5.32 Å². The van der Waals surface area contributed by atoms with Gasteiger partial charge in [-0.15, -0.1) is 0 Å². The van der Waals surface area contributed by atoms with Crippen LogP contribution in [0.2, 0.25) is 0 Å². The van der Waals surface area contributed by atoms with Crippen LogP contribution in [-0.2, 0) is 11.2 Å². The number of hydrogen-bond donors (Lipinski definition) is 2. The third kappa shape index (κ3) is 3.62. The van der Waals surface area contributed by atoms with E-state index in [-0.39, 0.29) is 11.9 Å². The van der Waals surface area contributed by atoms with Gasteiger partial charge in [0.1, 0.15) is 6.10 Å². The third-order valence-electron chi connectivity index (χ3n) is 4.98. The highest BCUT2D eigenvalue weighted by Crippen LogP contribution is 2.49. The van der Waals surface area contributed by atoms with E-state index >= 15 is 0 Å². The van der Waals surface area contributed by atoms with Gasteiger partial charge in [-0.25, -0.2) is 0 Å². The molecule has 1 aromatic rings. The minimum Gasteiger partial charge on any atom is -0.493 e. The lowest BCUT2D eigenvalue weighted by molar-refractivity contribution is -0.119. The summed E-state index contributed by atoms with van der Waals surface area (Å²) in [5.74, 6) is 1.46. The van der Waals surface area contributed by atoms with Crippen LogP contribution in [0.1, 0.15) is 24.5 Å². The van der Waals surface area contributed by atoms with Crippen molar-refractivity contribution in [3.8, 4) is 17.2 Å². The lowest BCUT2D eigenvalue weighted by Crippen LogP contribution is -2.35. The smallest absolute Gasteiger partial charge is 0.217 e. The van der Waals surface area contributed by atoms with E-state index in [1.165, 1.54) is 6.92 Å². The number of nitrogens with one attached hydrogen (secondary N) is 1. The Kier molecular flexibility index (Phi) is 6.01. The van der Waals surface area contributed by atoms with Gasteiger partial charge in [-0.05, 0) is 47.8 Å². The molecule has 0 aromatic heterocycles. The molecule has 0 bridgehead atoms. The zero-order chi connectivity index (χ0) is 20.4. The highest BCUT2D eigenvalue weighted by atomic mass is 35.5. The Balaban J connectivity index is 2.30. The molecule has 7 heteroatoms. The molecule has 0 radical (unpaired) electrons. The maximum Gasteiger partial charge on any atom is 0.217 e. The number of amides is 1. The standard InChI is InChI=1S/C21H24ClNO5/c1-11(24)23-16-8-5-12-9-18(26-2)20(27-3)21(28-4)19(12)13-6-7-15(22)17(25)10-14(13)16/h6-7,9-10,16-17,25H,5,8H2,1-4H3,(H,23,24)/t16-,17-/m0/s1. The van der Waals surface area contributed by atoms with Crippen LogP contribution in [0.5, 0.6) is 17.2 Å². The van der Waals surface area contributed by atoms with Crippen molar-refractivity contribution >= 4 is 23.1 Å². The summed E-state index contributed by atoms with van der Waals surface area (Å²) in [6.45, 7) is 1.48. The predicted octanol–water partition coefficient (Wildman–Crippen LogP) is 2.97. The number of methoxy groups -OCH3 is 3. The van der Waals surface area contributed by atoms with Crippen LogP contribution in [0.3, 0.4) is 0 Å². The van der Waals surface area contributed by atoms with Gasteiger partial charge in [0.15, 0.2) is 11.5 Å². The number of aryl methyl sites for hydroxylation is 1. The number of aliphatic hydroxyl groups excluding tert-OH is 1. The van der Waals surface area contributed by atoms with Crippen LogP contribution in [0.25, 0.3) is 5.57 Å². The first-order chi connectivity index (χ1) is 13.4. The van der Waals surface area contributed by atoms with Gasteiger partial charge in [0.25, 0.3) is 0 Å². The quantitative estimate of drug-likeness (QED) is 0.805. The number of ether oxygens (including phenoxy) is 3. The maximum atomic E-state index is 11.8. The number of carbonyl (C=O) groups excluding carboxylic acids is 1. The first-order valence-electron chi connectivity index (χ1n) is 8.98. The molecular weight excluding hydrogens is 382 g/mol. The number of rotatable bonds is 4. The number of benzene rings is 1. The predicted molar refractivity (Wildman–Crippen MR) is 108 cm³/mol. The zero-order valence-electron chi connectivity index (χ0n) is 16.3. The maximum absolute atomic E-state index is 11.8. The topological polar surface area (TPSA) is 77.0 Å². The summed E-state index contributed by atoms with van der Waals surface area (Å²) >= 11 is 6.20. The van der Waals surface area contributed by atoms with Crippen LogP contribution < -0.4 is 19.5 Å². The highest BCUT2D eigenvalue weighted by molar-refractivity contribution is 6.30. The van der Waals surface area contributed by atoms with Crippen molar-refractivity contribution in [2.24, 2.45) is 0 Å². The molecule has 0 aliphatic heterocycles. The van der Waals surface area contributed by atoms with E-state index in [9.17, 15) is 9.90 Å². The third-order valence-corrected chi connectivity index (χ3v) is 5.33. The molecule has 2 atom stereocenters. The van der Waals surface area contributed by atoms with Gasteiger partial charge >= 0.3 is 0 Å². The molecule has 2 aliphatic rings. The van der Waals surface area contributed by atoms with E-state index in [4.69, 9.17) is 25.8 Å². The van der Waals surface area contributed by atoms with Crippen molar-refractivity contribution in [3.63, 3.8) is 0 Å². The summed E-state index contributed by atoms with van der Waals surface area (Å²) in [6, 6.07) is 1.65. The fourth-order valence-corrected chi connectivity index (χ4v) is 3.90. The average molecular weight is 406 g/mol. The van der Waals surface area contributed by atoms with Crippen molar-refractivity contribution in [3.05, 3.63) is 46.0 Å². The van der Waals surface area contributed by atoms with Crippen LogP contribution in [0.15, 0.2) is 34.9 Å². The van der Waals surface area contributed by atoms with E-state index in [2.05, 4.69) is 5.32 Å². The molecule has 3 rings (SSSR count). The Labute approximate surface area is 169 Å². The van der Waals surface area contributed by atoms with E-state index in [1.807, 2.05) is 12.1 Å². The molecule has 28 heavy (non-hydrogen) atoms. The van der Waals surface area contributed by atoms with Gasteiger partial charge in [0.05, 0.1) is 32.4 Å². The lowest BCUT2D eigenvalue weighted by atomic mass is 9.91. The first kappa shape index (κ1) is 20.3. The van der Waals surface area contributed by atoms with E-state index < -0.39 is 6.10 Å². The monoisotopic (exact) mass is 405 g/mol. The summed E-state index contributed by atoms with van der Waals surface area (Å²) in [4.78, 5) is 11.8. The van der Waals surface area contributed by atoms with Crippen molar-refractivity contribution in [1.29, 1.82) is 0 Å². The fourth-order valence-electron chi connectivity index (χ4n) is 3.78. The summed E-state index contributed by atoms with van der Waals surface area (Å²) in [7, 11) is 4.71. The number of fused-ring (bicyclic) bond motifs is 3. The second-order valence-corrected chi connectivity index (χ2v) is 7.11. The number of allylic oxidation sites excluding steroid dienone is 2. The summed E-state index contributed by atoms with van der Waals surface area (Å²) in [5, 5.41) is 13.7. The average Bonchev–Trinajstić information content (AvgIpc) is 2.90. The molecule has 2 N–H and O–H groups in total. The molecule has 6 nitrogen and oxygen atoms in total. The Hall–Kier alpha value is -2.44. The summed E-state index contributed by atoms with van der Waals surface area (Å²) in [6.07, 6.45) is 5.58. The highest BCUT2D eigenvalue weighted by Gasteiger charge is 2.32. The Bertz CT molecular complexity index is 887. The molecule has 0 heterocycles. The van der Waals surface area contributed by atoms with Crippen LogP contribution in [0, 0.1) is 0 Å². The molecule has 0 saturated carbocycles. The number of aliphatic hydroxyl groups is 1. The minimum atomic E-state index is -0.950. The van der Waals surface area contributed by atoms with Gasteiger partial charge in [-0.2, -0.15) is 0 Å². The van der Waals surface area contributed by atoms with Gasteiger partial charge < -0.3 is 24.6 Å².